The van der Waals surface area contributed by atoms with E-state index in [1.165, 1.54) is 35.6 Å². The van der Waals surface area contributed by atoms with Crippen molar-refractivity contribution in [2.45, 2.75) is 33.2 Å². The zero-order valence-corrected chi connectivity index (χ0v) is 19.1. The number of nitrogens with one attached hydrogen (secondary N) is 1. The first kappa shape index (κ1) is 23.9. The summed E-state index contributed by atoms with van der Waals surface area (Å²) in [6.45, 7) is 3.95. The van der Waals surface area contributed by atoms with E-state index < -0.39 is 23.0 Å². The van der Waals surface area contributed by atoms with Gasteiger partial charge in [0.1, 0.15) is 16.9 Å². The Morgan fingerprint density at radius 1 is 1.24 bits per heavy atom. The fraction of sp³-hybridized carbons (Fsp3) is 0.333. The molecule has 2 aromatic heterocycles. The standard InChI is InChI=1S/C24H27FN4O4/c1-5-8-26-23(32)20-22(31)21-19(29(4)24(20)33)10-15(12-27-21)9-16-6-7-18(25)11-17(16)13-28(3)14(2)30/h6-7,10-12,31H,5,8-9,13H2,1-4H3,(H,26,32). The largest absolute Gasteiger partial charge is 0.505 e. The SMILES string of the molecule is CCCNC(=O)c1c(O)c2ncc(Cc3ccc(F)cc3CN(C)C(C)=O)cc2n(C)c1=O. The van der Waals surface area contributed by atoms with Crippen LogP contribution in [0.15, 0.2) is 35.3 Å². The van der Waals surface area contributed by atoms with Gasteiger partial charge >= 0.3 is 0 Å². The lowest BCUT2D eigenvalue weighted by molar-refractivity contribution is -0.128. The molecule has 2 N–H and O–H groups in total. The lowest BCUT2D eigenvalue weighted by Crippen LogP contribution is -2.33. The highest BCUT2D eigenvalue weighted by molar-refractivity contribution is 6.01. The van der Waals surface area contributed by atoms with E-state index in [2.05, 4.69) is 10.3 Å². The third-order valence-electron chi connectivity index (χ3n) is 5.54. The summed E-state index contributed by atoms with van der Waals surface area (Å²) >= 11 is 0. The van der Waals surface area contributed by atoms with Crippen molar-refractivity contribution in [1.29, 1.82) is 0 Å². The molecule has 174 valence electrons. The molecule has 0 saturated heterocycles. The highest BCUT2D eigenvalue weighted by Gasteiger charge is 2.22. The molecule has 0 atom stereocenters. The van der Waals surface area contributed by atoms with Crippen LogP contribution >= 0.6 is 0 Å². The van der Waals surface area contributed by atoms with E-state index in [-0.39, 0.29) is 23.5 Å². The van der Waals surface area contributed by atoms with Crippen molar-refractivity contribution in [2.75, 3.05) is 13.6 Å². The second-order valence-corrected chi connectivity index (χ2v) is 8.02. The number of fused-ring (bicyclic) bond motifs is 1. The fourth-order valence-electron chi connectivity index (χ4n) is 3.56. The summed E-state index contributed by atoms with van der Waals surface area (Å²) in [6, 6.07) is 6.11. The van der Waals surface area contributed by atoms with Gasteiger partial charge in [-0.2, -0.15) is 0 Å². The molecule has 2 heterocycles. The van der Waals surface area contributed by atoms with Crippen LogP contribution in [0.2, 0.25) is 0 Å². The van der Waals surface area contributed by atoms with Gasteiger partial charge in [-0.15, -0.1) is 0 Å². The number of pyridine rings is 2. The monoisotopic (exact) mass is 454 g/mol. The van der Waals surface area contributed by atoms with E-state index in [1.807, 2.05) is 6.92 Å². The molecular formula is C24H27FN4O4. The number of hydrogen-bond donors (Lipinski definition) is 2. The molecular weight excluding hydrogens is 427 g/mol. The molecule has 0 radical (unpaired) electrons. The summed E-state index contributed by atoms with van der Waals surface area (Å²) in [7, 11) is 3.15. The second kappa shape index (κ2) is 9.81. The summed E-state index contributed by atoms with van der Waals surface area (Å²) in [5.41, 5.74) is 1.72. The first-order chi connectivity index (χ1) is 15.6. The van der Waals surface area contributed by atoms with E-state index in [4.69, 9.17) is 0 Å². The Bertz CT molecular complexity index is 1290. The van der Waals surface area contributed by atoms with E-state index in [0.29, 0.717) is 30.5 Å². The van der Waals surface area contributed by atoms with Crippen LogP contribution in [0.4, 0.5) is 4.39 Å². The van der Waals surface area contributed by atoms with Gasteiger partial charge in [-0.1, -0.05) is 13.0 Å². The van der Waals surface area contributed by atoms with Crippen molar-refractivity contribution in [2.24, 2.45) is 7.05 Å². The number of amides is 2. The minimum absolute atomic E-state index is 0.137. The summed E-state index contributed by atoms with van der Waals surface area (Å²) in [4.78, 5) is 42.6. The lowest BCUT2D eigenvalue weighted by atomic mass is 9.99. The zero-order valence-electron chi connectivity index (χ0n) is 19.1. The van der Waals surface area contributed by atoms with Gasteiger partial charge in [0.2, 0.25) is 5.91 Å². The highest BCUT2D eigenvalue weighted by Crippen LogP contribution is 2.26. The topological polar surface area (TPSA) is 105 Å². The normalized spacial score (nSPS) is 10.9. The molecule has 0 fully saturated rings. The van der Waals surface area contributed by atoms with Crippen LogP contribution in [0.25, 0.3) is 11.0 Å². The molecule has 8 nitrogen and oxygen atoms in total. The lowest BCUT2D eigenvalue weighted by Gasteiger charge is -2.18. The number of rotatable bonds is 7. The molecule has 3 rings (SSSR count). The Labute approximate surface area is 190 Å². The molecule has 2 amide bonds. The molecule has 9 heteroatoms. The van der Waals surface area contributed by atoms with Crippen LogP contribution in [0.5, 0.6) is 5.75 Å². The molecule has 1 aromatic carbocycles. The summed E-state index contributed by atoms with van der Waals surface area (Å²) < 4.78 is 15.1. The second-order valence-electron chi connectivity index (χ2n) is 8.02. The van der Waals surface area contributed by atoms with E-state index >= 15 is 0 Å². The van der Waals surface area contributed by atoms with E-state index in [1.54, 1.807) is 25.4 Å². The van der Waals surface area contributed by atoms with E-state index in [9.17, 15) is 23.9 Å². The Kier molecular flexibility index (Phi) is 7.10. The summed E-state index contributed by atoms with van der Waals surface area (Å²) in [6.07, 6.45) is 2.61. The van der Waals surface area contributed by atoms with E-state index in [0.717, 1.165) is 11.1 Å². The van der Waals surface area contributed by atoms with Gasteiger partial charge in [0.25, 0.3) is 11.5 Å². The number of hydrogen-bond acceptors (Lipinski definition) is 5. The minimum Gasteiger partial charge on any atom is -0.505 e. The van der Waals surface area contributed by atoms with Crippen LogP contribution in [0.3, 0.4) is 0 Å². The van der Waals surface area contributed by atoms with Gasteiger partial charge in [-0.05, 0) is 47.7 Å². The van der Waals surface area contributed by atoms with Crippen molar-refractivity contribution >= 4 is 22.8 Å². The van der Waals surface area contributed by atoms with Gasteiger partial charge < -0.3 is 19.9 Å². The Morgan fingerprint density at radius 3 is 2.64 bits per heavy atom. The average molecular weight is 455 g/mol. The molecule has 0 aliphatic rings. The summed E-state index contributed by atoms with van der Waals surface area (Å²) in [5, 5.41) is 13.2. The Hall–Kier alpha value is -3.75. The molecule has 0 spiro atoms. The fourth-order valence-corrected chi connectivity index (χ4v) is 3.56. The number of aromatic hydroxyl groups is 1. The first-order valence-corrected chi connectivity index (χ1v) is 10.6. The van der Waals surface area contributed by atoms with Crippen molar-refractivity contribution in [1.82, 2.24) is 19.8 Å². The predicted molar refractivity (Wildman–Crippen MR) is 123 cm³/mol. The molecule has 0 aliphatic carbocycles. The molecule has 0 saturated carbocycles. The van der Waals surface area contributed by atoms with Crippen molar-refractivity contribution < 1.29 is 19.1 Å². The minimum atomic E-state index is -0.645. The maximum atomic E-state index is 13.9. The van der Waals surface area contributed by atoms with Crippen LogP contribution in [0, 0.1) is 5.82 Å². The number of aromatic nitrogens is 2. The van der Waals surface area contributed by atoms with Gasteiger partial charge in [0, 0.05) is 40.3 Å². The van der Waals surface area contributed by atoms with Crippen LogP contribution in [-0.4, -0.2) is 45.0 Å². The predicted octanol–water partition coefficient (Wildman–Crippen LogP) is 2.49. The zero-order chi connectivity index (χ0) is 24.3. The van der Waals surface area contributed by atoms with Crippen LogP contribution < -0.4 is 10.9 Å². The third kappa shape index (κ3) is 5.02. The Balaban J connectivity index is 2.02. The van der Waals surface area contributed by atoms with Crippen molar-refractivity contribution in [3.8, 4) is 5.75 Å². The Morgan fingerprint density at radius 2 is 1.97 bits per heavy atom. The average Bonchev–Trinajstić information content (AvgIpc) is 2.77. The van der Waals surface area contributed by atoms with Gasteiger partial charge in [-0.25, -0.2) is 4.39 Å². The molecule has 3 aromatic rings. The number of halogens is 1. The smallest absolute Gasteiger partial charge is 0.267 e. The number of carbonyl (C=O) groups excluding carboxylic acids is 2. The highest BCUT2D eigenvalue weighted by atomic mass is 19.1. The number of nitrogens with zero attached hydrogens (tertiary/aromatic N) is 3. The third-order valence-corrected chi connectivity index (χ3v) is 5.54. The number of benzene rings is 1. The van der Waals surface area contributed by atoms with Gasteiger partial charge in [-0.3, -0.25) is 19.4 Å². The molecule has 0 aliphatic heterocycles. The maximum absolute atomic E-state index is 13.9. The van der Waals surface area contributed by atoms with Crippen LogP contribution in [-0.2, 0) is 24.8 Å². The summed E-state index contributed by atoms with van der Waals surface area (Å²) in [5.74, 6) is -1.64. The number of carbonyl (C=O) groups is 2. The molecule has 0 bridgehead atoms. The maximum Gasteiger partial charge on any atom is 0.267 e. The van der Waals surface area contributed by atoms with Gasteiger partial charge in [0.15, 0.2) is 5.75 Å². The first-order valence-electron chi connectivity index (χ1n) is 10.6. The van der Waals surface area contributed by atoms with Crippen LogP contribution in [0.1, 0.15) is 47.3 Å². The number of aryl methyl sites for hydroxylation is 1. The van der Waals surface area contributed by atoms with Crippen molar-refractivity contribution in [3.63, 3.8) is 0 Å². The van der Waals surface area contributed by atoms with Crippen molar-refractivity contribution in [3.05, 3.63) is 68.9 Å². The molecule has 0 unspecified atom stereocenters. The molecule has 33 heavy (non-hydrogen) atoms. The van der Waals surface area contributed by atoms with Gasteiger partial charge in [0.05, 0.1) is 5.52 Å². The quantitative estimate of drug-likeness (QED) is 0.571.